The van der Waals surface area contributed by atoms with E-state index >= 15 is 0 Å². The van der Waals surface area contributed by atoms with Gasteiger partial charge in [-0.05, 0) is 52.7 Å². The smallest absolute Gasteiger partial charge is 0.144 e. The molecule has 0 heterocycles. The molecule has 20 heavy (non-hydrogen) atoms. The van der Waals surface area contributed by atoms with Crippen LogP contribution in [0.4, 0.5) is 8.78 Å². The maximum atomic E-state index is 13.8. The highest BCUT2D eigenvalue weighted by atomic mass is 79.9. The third-order valence-electron chi connectivity index (χ3n) is 3.09. The van der Waals surface area contributed by atoms with Crippen LogP contribution in [0.2, 0.25) is 5.02 Å². The van der Waals surface area contributed by atoms with E-state index in [9.17, 15) is 8.78 Å². The molecule has 5 heteroatoms. The maximum Gasteiger partial charge on any atom is 0.144 e. The number of halogens is 4. The van der Waals surface area contributed by atoms with E-state index in [1.807, 2.05) is 19.1 Å². The van der Waals surface area contributed by atoms with Crippen LogP contribution >= 0.6 is 27.5 Å². The molecule has 2 aromatic rings. The van der Waals surface area contributed by atoms with Crippen molar-refractivity contribution in [2.45, 2.75) is 19.5 Å². The van der Waals surface area contributed by atoms with E-state index in [1.165, 1.54) is 12.1 Å². The lowest BCUT2D eigenvalue weighted by Gasteiger charge is -2.15. The van der Waals surface area contributed by atoms with Gasteiger partial charge in [0.05, 0.1) is 4.47 Å². The van der Waals surface area contributed by atoms with Gasteiger partial charge in [0.1, 0.15) is 11.6 Å². The third kappa shape index (κ3) is 3.57. The van der Waals surface area contributed by atoms with Gasteiger partial charge < -0.3 is 5.32 Å². The van der Waals surface area contributed by atoms with Crippen molar-refractivity contribution in [1.29, 1.82) is 0 Å². The van der Waals surface area contributed by atoms with Crippen molar-refractivity contribution in [1.82, 2.24) is 5.32 Å². The summed E-state index contributed by atoms with van der Waals surface area (Å²) in [4.78, 5) is 0. The van der Waals surface area contributed by atoms with Crippen LogP contribution in [-0.4, -0.2) is 0 Å². The predicted molar refractivity (Wildman–Crippen MR) is 80.8 cm³/mol. The zero-order chi connectivity index (χ0) is 14.7. The van der Waals surface area contributed by atoms with E-state index in [1.54, 1.807) is 12.1 Å². The molecule has 106 valence electrons. The van der Waals surface area contributed by atoms with Crippen LogP contribution in [0.1, 0.15) is 24.1 Å². The van der Waals surface area contributed by atoms with Gasteiger partial charge in [0.25, 0.3) is 0 Å². The molecule has 0 aromatic heterocycles. The van der Waals surface area contributed by atoms with Gasteiger partial charge in [0, 0.05) is 23.2 Å². The minimum Gasteiger partial charge on any atom is -0.306 e. The molecule has 0 aliphatic carbocycles. The molecule has 0 amide bonds. The molecule has 0 saturated carbocycles. The van der Waals surface area contributed by atoms with Gasteiger partial charge in [-0.3, -0.25) is 0 Å². The van der Waals surface area contributed by atoms with Crippen molar-refractivity contribution in [2.24, 2.45) is 0 Å². The highest BCUT2D eigenvalue weighted by Gasteiger charge is 2.13. The molecule has 0 aliphatic heterocycles. The molecule has 0 unspecified atom stereocenters. The SMILES string of the molecule is C[C@@H](NCc1c(F)ccc(Br)c1F)c1ccc(Cl)cc1. The highest BCUT2D eigenvalue weighted by molar-refractivity contribution is 9.10. The Labute approximate surface area is 130 Å². The van der Waals surface area contributed by atoms with Crippen LogP contribution in [0.25, 0.3) is 0 Å². The van der Waals surface area contributed by atoms with Gasteiger partial charge in [-0.25, -0.2) is 8.78 Å². The summed E-state index contributed by atoms with van der Waals surface area (Å²) in [6.07, 6.45) is 0. The fourth-order valence-corrected chi connectivity index (χ4v) is 2.35. The Bertz CT molecular complexity index is 602. The summed E-state index contributed by atoms with van der Waals surface area (Å²) in [5.74, 6) is -1.12. The first-order valence-electron chi connectivity index (χ1n) is 6.10. The molecule has 0 aliphatic rings. The van der Waals surface area contributed by atoms with Crippen molar-refractivity contribution in [3.8, 4) is 0 Å². The number of rotatable bonds is 4. The second kappa shape index (κ2) is 6.66. The highest BCUT2D eigenvalue weighted by Crippen LogP contribution is 2.23. The van der Waals surface area contributed by atoms with E-state index in [4.69, 9.17) is 11.6 Å². The molecule has 0 fully saturated rings. The lowest BCUT2D eigenvalue weighted by atomic mass is 10.1. The third-order valence-corrected chi connectivity index (χ3v) is 3.96. The Balaban J connectivity index is 2.09. The largest absolute Gasteiger partial charge is 0.306 e. The van der Waals surface area contributed by atoms with Crippen molar-refractivity contribution in [3.63, 3.8) is 0 Å². The van der Waals surface area contributed by atoms with Gasteiger partial charge in [-0.15, -0.1) is 0 Å². The summed E-state index contributed by atoms with van der Waals surface area (Å²) < 4.78 is 27.7. The lowest BCUT2D eigenvalue weighted by molar-refractivity contribution is 0.506. The van der Waals surface area contributed by atoms with Gasteiger partial charge >= 0.3 is 0 Å². The summed E-state index contributed by atoms with van der Waals surface area (Å²) in [6, 6.07) is 9.91. The standard InChI is InChI=1S/C15H13BrClF2N/c1-9(10-2-4-11(17)5-3-10)20-8-12-14(18)7-6-13(16)15(12)19/h2-7,9,20H,8H2,1H3/t9-/m1/s1. The number of hydrogen-bond donors (Lipinski definition) is 1. The van der Waals surface area contributed by atoms with E-state index < -0.39 is 11.6 Å². The zero-order valence-electron chi connectivity index (χ0n) is 10.8. The summed E-state index contributed by atoms with van der Waals surface area (Å²) in [5.41, 5.74) is 1.03. The van der Waals surface area contributed by atoms with Crippen LogP contribution in [0.3, 0.4) is 0 Å². The summed E-state index contributed by atoms with van der Waals surface area (Å²) in [7, 11) is 0. The molecule has 0 spiro atoms. The van der Waals surface area contributed by atoms with Crippen molar-refractivity contribution >= 4 is 27.5 Å². The second-order valence-corrected chi connectivity index (χ2v) is 5.77. The maximum absolute atomic E-state index is 13.8. The Hall–Kier alpha value is -0.970. The monoisotopic (exact) mass is 359 g/mol. The van der Waals surface area contributed by atoms with Crippen LogP contribution in [0.5, 0.6) is 0 Å². The first-order valence-corrected chi connectivity index (χ1v) is 7.27. The summed E-state index contributed by atoms with van der Waals surface area (Å²) >= 11 is 8.88. The molecule has 1 nitrogen and oxygen atoms in total. The van der Waals surface area contributed by atoms with Crippen LogP contribution in [0, 0.1) is 11.6 Å². The van der Waals surface area contributed by atoms with Crippen LogP contribution in [-0.2, 0) is 6.54 Å². The molecular weight excluding hydrogens is 348 g/mol. The van der Waals surface area contributed by atoms with Gasteiger partial charge in [-0.2, -0.15) is 0 Å². The normalized spacial score (nSPS) is 12.4. The molecule has 1 atom stereocenters. The second-order valence-electron chi connectivity index (χ2n) is 4.48. The molecule has 2 aromatic carbocycles. The van der Waals surface area contributed by atoms with Gasteiger partial charge in [-0.1, -0.05) is 23.7 Å². The lowest BCUT2D eigenvalue weighted by Crippen LogP contribution is -2.19. The zero-order valence-corrected chi connectivity index (χ0v) is 13.1. The van der Waals surface area contributed by atoms with Crippen LogP contribution < -0.4 is 5.32 Å². The summed E-state index contributed by atoms with van der Waals surface area (Å²) in [5, 5.41) is 3.76. The fraction of sp³-hybridized carbons (Fsp3) is 0.200. The molecule has 0 bridgehead atoms. The van der Waals surface area contributed by atoms with Crippen molar-refractivity contribution < 1.29 is 8.78 Å². The average molecular weight is 361 g/mol. The topological polar surface area (TPSA) is 12.0 Å². The molecule has 2 rings (SSSR count). The fourth-order valence-electron chi connectivity index (χ4n) is 1.86. The predicted octanol–water partition coefficient (Wildman–Crippen LogP) is 5.23. The Morgan fingerprint density at radius 2 is 1.80 bits per heavy atom. The van der Waals surface area contributed by atoms with E-state index in [-0.39, 0.29) is 22.6 Å². The van der Waals surface area contributed by atoms with E-state index in [0.717, 1.165) is 5.56 Å². The van der Waals surface area contributed by atoms with Gasteiger partial charge in [0.15, 0.2) is 0 Å². The Kier molecular flexibility index (Phi) is 5.13. The van der Waals surface area contributed by atoms with Crippen molar-refractivity contribution in [2.75, 3.05) is 0 Å². The van der Waals surface area contributed by atoms with Crippen LogP contribution in [0.15, 0.2) is 40.9 Å². The minimum atomic E-state index is -0.569. The first kappa shape index (κ1) is 15.4. The number of benzene rings is 2. The number of nitrogens with one attached hydrogen (secondary N) is 1. The van der Waals surface area contributed by atoms with E-state index in [0.29, 0.717) is 5.02 Å². The Morgan fingerprint density at radius 1 is 1.15 bits per heavy atom. The number of hydrogen-bond acceptors (Lipinski definition) is 1. The van der Waals surface area contributed by atoms with Crippen molar-refractivity contribution in [3.05, 3.63) is 68.7 Å². The minimum absolute atomic E-state index is 0.0280. The molecule has 0 saturated heterocycles. The van der Waals surface area contributed by atoms with E-state index in [2.05, 4.69) is 21.2 Å². The molecule has 0 radical (unpaired) electrons. The quantitative estimate of drug-likeness (QED) is 0.736. The Morgan fingerprint density at radius 3 is 2.45 bits per heavy atom. The average Bonchev–Trinajstić information content (AvgIpc) is 2.43. The molecular formula is C15H13BrClF2N. The molecule has 1 N–H and O–H groups in total. The van der Waals surface area contributed by atoms with Gasteiger partial charge in [0.2, 0.25) is 0 Å². The summed E-state index contributed by atoms with van der Waals surface area (Å²) in [6.45, 7) is 2.04. The first-order chi connectivity index (χ1) is 9.49.